The van der Waals surface area contributed by atoms with E-state index < -0.39 is 0 Å². The fourth-order valence-corrected chi connectivity index (χ4v) is 3.50. The van der Waals surface area contributed by atoms with Crippen molar-refractivity contribution in [3.63, 3.8) is 0 Å². The summed E-state index contributed by atoms with van der Waals surface area (Å²) >= 11 is 3.52. The molecule has 0 radical (unpaired) electrons. The van der Waals surface area contributed by atoms with Crippen LogP contribution in [-0.2, 0) is 15.9 Å². The number of ether oxygens (including phenoxy) is 2. The van der Waals surface area contributed by atoms with E-state index in [1.807, 2.05) is 0 Å². The molecule has 0 amide bonds. The Hall–Kier alpha value is -0.380. The second-order valence-corrected chi connectivity index (χ2v) is 7.82. The van der Waals surface area contributed by atoms with Gasteiger partial charge in [-0.25, -0.2) is 0 Å². The molecule has 0 unspecified atom stereocenters. The molecule has 1 aromatic rings. The third-order valence-corrected chi connectivity index (χ3v) is 5.07. The van der Waals surface area contributed by atoms with Crippen LogP contribution in [0, 0.1) is 5.92 Å². The van der Waals surface area contributed by atoms with E-state index in [1.165, 1.54) is 5.56 Å². The van der Waals surface area contributed by atoms with Gasteiger partial charge in [-0.1, -0.05) is 28.1 Å². The maximum atomic E-state index is 5.81. The molecular formula is C21H35BrIN3O2. The zero-order valence-electron chi connectivity index (χ0n) is 16.9. The fraction of sp³-hybridized carbons (Fsp3) is 0.667. The van der Waals surface area contributed by atoms with Gasteiger partial charge in [0.25, 0.3) is 0 Å². The lowest BCUT2D eigenvalue weighted by Gasteiger charge is -2.21. The van der Waals surface area contributed by atoms with E-state index in [1.54, 1.807) is 0 Å². The van der Waals surface area contributed by atoms with E-state index in [0.29, 0.717) is 5.92 Å². The van der Waals surface area contributed by atoms with Gasteiger partial charge >= 0.3 is 0 Å². The highest BCUT2D eigenvalue weighted by molar-refractivity contribution is 14.0. The quantitative estimate of drug-likeness (QED) is 0.180. The standard InChI is InChI=1S/C21H34BrN3O2.HI/c1-2-23-21(24-11-4-7-18-6-3-8-20(22)16-18)25-12-5-13-27-17-19-9-14-26-15-10-19;/h3,6,8,16,19H,2,4-5,7,9-15,17H2,1H3,(H2,23,24,25);1H. The Kier molecular flexibility index (Phi) is 15.0. The van der Waals surface area contributed by atoms with E-state index in [0.717, 1.165) is 88.6 Å². The van der Waals surface area contributed by atoms with Gasteiger partial charge in [0, 0.05) is 50.5 Å². The number of benzene rings is 1. The lowest BCUT2D eigenvalue weighted by Crippen LogP contribution is -2.38. The van der Waals surface area contributed by atoms with Gasteiger partial charge in [0.05, 0.1) is 0 Å². The van der Waals surface area contributed by atoms with Gasteiger partial charge in [-0.3, -0.25) is 4.99 Å². The predicted molar refractivity (Wildman–Crippen MR) is 131 cm³/mol. The Bertz CT molecular complexity index is 554. The lowest BCUT2D eigenvalue weighted by atomic mass is 10.0. The van der Waals surface area contributed by atoms with Crippen LogP contribution in [0.3, 0.4) is 0 Å². The van der Waals surface area contributed by atoms with Crippen molar-refractivity contribution in [2.75, 3.05) is 46.1 Å². The third kappa shape index (κ3) is 11.6. The van der Waals surface area contributed by atoms with Gasteiger partial charge in [0.15, 0.2) is 5.96 Å². The topological polar surface area (TPSA) is 54.9 Å². The van der Waals surface area contributed by atoms with Gasteiger partial charge in [-0.05, 0) is 62.6 Å². The first-order chi connectivity index (χ1) is 13.3. The van der Waals surface area contributed by atoms with Crippen LogP contribution in [0.2, 0.25) is 0 Å². The molecule has 1 aliphatic heterocycles. The fourth-order valence-electron chi connectivity index (χ4n) is 3.05. The van der Waals surface area contributed by atoms with Crippen LogP contribution in [0.1, 0.15) is 38.2 Å². The molecule has 160 valence electrons. The summed E-state index contributed by atoms with van der Waals surface area (Å²) in [6.07, 6.45) is 5.35. The van der Waals surface area contributed by atoms with Gasteiger partial charge in [-0.2, -0.15) is 0 Å². The van der Waals surface area contributed by atoms with Crippen molar-refractivity contribution in [3.8, 4) is 0 Å². The molecule has 2 N–H and O–H groups in total. The average molecular weight is 568 g/mol. The molecule has 0 saturated carbocycles. The molecule has 1 fully saturated rings. The first kappa shape index (κ1) is 25.7. The number of halogens is 2. The summed E-state index contributed by atoms with van der Waals surface area (Å²) in [6.45, 7) is 8.11. The Balaban J connectivity index is 0.00000392. The first-order valence-corrected chi connectivity index (χ1v) is 11.0. The van der Waals surface area contributed by atoms with Gasteiger partial charge in [0.1, 0.15) is 0 Å². The number of hydrogen-bond donors (Lipinski definition) is 2. The van der Waals surface area contributed by atoms with Crippen molar-refractivity contribution in [3.05, 3.63) is 34.3 Å². The maximum absolute atomic E-state index is 5.81. The SMILES string of the molecule is CCNC(=NCCCc1cccc(Br)c1)NCCCOCC1CCOCC1.I. The van der Waals surface area contributed by atoms with Crippen LogP contribution in [0.25, 0.3) is 0 Å². The van der Waals surface area contributed by atoms with Crippen LogP contribution < -0.4 is 10.6 Å². The van der Waals surface area contributed by atoms with Crippen molar-refractivity contribution in [2.45, 2.75) is 39.0 Å². The molecule has 2 rings (SSSR count). The highest BCUT2D eigenvalue weighted by Crippen LogP contribution is 2.14. The van der Waals surface area contributed by atoms with Crippen LogP contribution in [0.4, 0.5) is 0 Å². The summed E-state index contributed by atoms with van der Waals surface area (Å²) in [5, 5.41) is 6.71. The van der Waals surface area contributed by atoms with Gasteiger partial charge in [-0.15, -0.1) is 24.0 Å². The minimum atomic E-state index is 0. The number of nitrogens with one attached hydrogen (secondary N) is 2. The number of guanidine groups is 1. The van der Waals surface area contributed by atoms with E-state index in [2.05, 4.69) is 62.7 Å². The summed E-state index contributed by atoms with van der Waals surface area (Å²) in [5.74, 6) is 1.58. The van der Waals surface area contributed by atoms with Crippen LogP contribution in [0.15, 0.2) is 33.7 Å². The molecule has 1 aliphatic rings. The zero-order valence-corrected chi connectivity index (χ0v) is 20.8. The van der Waals surface area contributed by atoms with Crippen molar-refractivity contribution < 1.29 is 9.47 Å². The molecule has 7 heteroatoms. The molecule has 0 aliphatic carbocycles. The normalized spacial score (nSPS) is 15.1. The van der Waals surface area contributed by atoms with Crippen molar-refractivity contribution >= 4 is 45.9 Å². The summed E-state index contributed by atoms with van der Waals surface area (Å²) in [7, 11) is 0. The van der Waals surface area contributed by atoms with Crippen molar-refractivity contribution in [1.82, 2.24) is 10.6 Å². The Morgan fingerprint density at radius 3 is 2.82 bits per heavy atom. The Morgan fingerprint density at radius 1 is 1.25 bits per heavy atom. The van der Waals surface area contributed by atoms with Crippen LogP contribution in [-0.4, -0.2) is 52.0 Å². The molecule has 0 atom stereocenters. The van der Waals surface area contributed by atoms with Crippen LogP contribution >= 0.6 is 39.9 Å². The van der Waals surface area contributed by atoms with E-state index >= 15 is 0 Å². The van der Waals surface area contributed by atoms with E-state index in [-0.39, 0.29) is 24.0 Å². The van der Waals surface area contributed by atoms with Gasteiger partial charge < -0.3 is 20.1 Å². The van der Waals surface area contributed by atoms with E-state index in [4.69, 9.17) is 9.47 Å². The molecule has 0 aromatic heterocycles. The first-order valence-electron chi connectivity index (χ1n) is 10.2. The summed E-state index contributed by atoms with van der Waals surface area (Å²) in [5.41, 5.74) is 1.35. The highest BCUT2D eigenvalue weighted by Gasteiger charge is 2.13. The number of aliphatic imine (C=N–C) groups is 1. The molecule has 0 spiro atoms. The average Bonchev–Trinajstić information content (AvgIpc) is 2.68. The minimum Gasteiger partial charge on any atom is -0.381 e. The zero-order chi connectivity index (χ0) is 19.2. The number of nitrogens with zero attached hydrogens (tertiary/aromatic N) is 1. The second-order valence-electron chi connectivity index (χ2n) is 6.91. The van der Waals surface area contributed by atoms with Crippen LogP contribution in [0.5, 0.6) is 0 Å². The van der Waals surface area contributed by atoms with Gasteiger partial charge in [0.2, 0.25) is 0 Å². The highest BCUT2D eigenvalue weighted by atomic mass is 127. The molecule has 1 saturated heterocycles. The largest absolute Gasteiger partial charge is 0.381 e. The molecular weight excluding hydrogens is 533 g/mol. The molecule has 5 nitrogen and oxygen atoms in total. The third-order valence-electron chi connectivity index (χ3n) is 4.58. The summed E-state index contributed by atoms with van der Waals surface area (Å²) in [6, 6.07) is 8.48. The Labute approximate surface area is 195 Å². The smallest absolute Gasteiger partial charge is 0.191 e. The molecule has 0 bridgehead atoms. The minimum absolute atomic E-state index is 0. The molecule has 1 heterocycles. The maximum Gasteiger partial charge on any atom is 0.191 e. The monoisotopic (exact) mass is 567 g/mol. The lowest BCUT2D eigenvalue weighted by molar-refractivity contribution is 0.0203. The number of rotatable bonds is 11. The summed E-state index contributed by atoms with van der Waals surface area (Å²) < 4.78 is 12.3. The Morgan fingerprint density at radius 2 is 2.07 bits per heavy atom. The molecule has 28 heavy (non-hydrogen) atoms. The number of hydrogen-bond acceptors (Lipinski definition) is 3. The van der Waals surface area contributed by atoms with E-state index in [9.17, 15) is 0 Å². The number of aryl methyl sites for hydroxylation is 1. The second kappa shape index (κ2) is 16.4. The van der Waals surface area contributed by atoms with Crippen molar-refractivity contribution in [1.29, 1.82) is 0 Å². The van der Waals surface area contributed by atoms with Crippen molar-refractivity contribution in [2.24, 2.45) is 10.9 Å². The summed E-state index contributed by atoms with van der Waals surface area (Å²) in [4.78, 5) is 4.67. The molecule has 1 aromatic carbocycles. The predicted octanol–water partition coefficient (Wildman–Crippen LogP) is 4.39.